The Morgan fingerprint density at radius 2 is 1.85 bits per heavy atom. The fourth-order valence-corrected chi connectivity index (χ4v) is 2.88. The predicted octanol–water partition coefficient (Wildman–Crippen LogP) is 2.87. The number of carbonyl (C=O) groups excluding carboxylic acids is 2. The summed E-state index contributed by atoms with van der Waals surface area (Å²) < 4.78 is 6.94. The Hall–Kier alpha value is -2.67. The molecule has 1 heterocycles. The summed E-state index contributed by atoms with van der Waals surface area (Å²) in [4.78, 5) is 29.6. The number of benzene rings is 1. The van der Waals surface area contributed by atoms with Crippen LogP contribution in [0, 0.1) is 5.92 Å². The maximum absolute atomic E-state index is 13.1. The van der Waals surface area contributed by atoms with E-state index in [4.69, 9.17) is 4.74 Å². The summed E-state index contributed by atoms with van der Waals surface area (Å²) in [6, 6.07) is 8.27. The maximum atomic E-state index is 13.1. The van der Waals surface area contributed by atoms with Crippen molar-refractivity contribution in [2.75, 3.05) is 0 Å². The molecule has 0 aliphatic heterocycles. The molecule has 146 valence electrons. The summed E-state index contributed by atoms with van der Waals surface area (Å²) in [5.74, 6) is -1.07. The van der Waals surface area contributed by atoms with E-state index in [2.05, 4.69) is 10.3 Å². The van der Waals surface area contributed by atoms with Crippen molar-refractivity contribution in [3.63, 3.8) is 0 Å². The van der Waals surface area contributed by atoms with E-state index in [1.165, 1.54) is 13.1 Å². The normalized spacial score (nSPS) is 14.9. The molecule has 27 heavy (non-hydrogen) atoms. The van der Waals surface area contributed by atoms with Gasteiger partial charge in [-0.1, -0.05) is 30.3 Å². The van der Waals surface area contributed by atoms with Crippen LogP contribution in [0.5, 0.6) is 0 Å². The van der Waals surface area contributed by atoms with Crippen molar-refractivity contribution in [3.8, 4) is 0 Å². The third-order valence-electron chi connectivity index (χ3n) is 4.05. The number of carbonyl (C=O) groups is 2. The lowest BCUT2D eigenvalue weighted by Crippen LogP contribution is -2.44. The molecule has 2 rings (SSSR count). The number of aliphatic hydroxyl groups excluding tert-OH is 1. The van der Waals surface area contributed by atoms with Crippen LogP contribution in [0.25, 0.3) is 0 Å². The highest BCUT2D eigenvalue weighted by Gasteiger charge is 2.37. The van der Waals surface area contributed by atoms with Gasteiger partial charge >= 0.3 is 6.09 Å². The van der Waals surface area contributed by atoms with Crippen LogP contribution in [0.3, 0.4) is 0 Å². The highest BCUT2D eigenvalue weighted by Crippen LogP contribution is 2.28. The summed E-state index contributed by atoms with van der Waals surface area (Å²) in [7, 11) is 1.71. The zero-order valence-corrected chi connectivity index (χ0v) is 16.3. The number of alkyl carbamates (subject to hydrolysis) is 1. The maximum Gasteiger partial charge on any atom is 0.408 e. The summed E-state index contributed by atoms with van der Waals surface area (Å²) in [5, 5.41) is 13.2. The molecule has 3 atom stereocenters. The van der Waals surface area contributed by atoms with Gasteiger partial charge in [0.2, 0.25) is 5.78 Å². The summed E-state index contributed by atoms with van der Waals surface area (Å²) in [5.41, 5.74) is 0.00631. The van der Waals surface area contributed by atoms with Crippen LogP contribution in [0.1, 0.15) is 49.9 Å². The number of imidazole rings is 1. The first-order valence-corrected chi connectivity index (χ1v) is 8.84. The third-order valence-corrected chi connectivity index (χ3v) is 4.05. The lowest BCUT2D eigenvalue weighted by atomic mass is 9.85. The van der Waals surface area contributed by atoms with E-state index in [0.29, 0.717) is 5.56 Å². The predicted molar refractivity (Wildman–Crippen MR) is 101 cm³/mol. The SMILES string of the molecule is C[C@@H](O)[C@@H](C(=O)c1nccn1C)[C@H](NC(=O)OC(C)(C)C)c1ccccc1. The van der Waals surface area contributed by atoms with Crippen LogP contribution in [0.2, 0.25) is 0 Å². The van der Waals surface area contributed by atoms with Crippen molar-refractivity contribution in [1.29, 1.82) is 0 Å². The van der Waals surface area contributed by atoms with Gasteiger partial charge in [0.05, 0.1) is 18.1 Å². The quantitative estimate of drug-likeness (QED) is 0.760. The number of ketones is 1. The van der Waals surface area contributed by atoms with Crippen LogP contribution in [-0.2, 0) is 11.8 Å². The van der Waals surface area contributed by atoms with Crippen molar-refractivity contribution in [1.82, 2.24) is 14.9 Å². The Kier molecular flexibility index (Phi) is 6.38. The number of rotatable bonds is 6. The highest BCUT2D eigenvalue weighted by atomic mass is 16.6. The molecule has 2 N–H and O–H groups in total. The Labute approximate surface area is 159 Å². The number of amides is 1. The molecule has 0 saturated heterocycles. The molecule has 0 aliphatic carbocycles. The van der Waals surface area contributed by atoms with E-state index in [-0.39, 0.29) is 11.6 Å². The fraction of sp³-hybridized carbons (Fsp3) is 0.450. The molecule has 0 fully saturated rings. The van der Waals surface area contributed by atoms with Crippen LogP contribution in [0.4, 0.5) is 4.79 Å². The zero-order chi connectivity index (χ0) is 20.2. The van der Waals surface area contributed by atoms with Crippen LogP contribution >= 0.6 is 0 Å². The number of Topliss-reactive ketones (excluding diaryl/α,β-unsaturated/α-hetero) is 1. The molecule has 1 aromatic carbocycles. The molecular formula is C20H27N3O4. The van der Waals surface area contributed by atoms with Crippen molar-refractivity contribution in [2.24, 2.45) is 13.0 Å². The number of aromatic nitrogens is 2. The second-order valence-electron chi connectivity index (χ2n) is 7.53. The molecule has 7 nitrogen and oxygen atoms in total. The number of aliphatic hydroxyl groups is 1. The van der Waals surface area contributed by atoms with Crippen LogP contribution < -0.4 is 5.32 Å². The topological polar surface area (TPSA) is 93.5 Å². The summed E-state index contributed by atoms with van der Waals surface area (Å²) in [6.07, 6.45) is 1.50. The van der Waals surface area contributed by atoms with Gasteiger partial charge in [-0.25, -0.2) is 9.78 Å². The van der Waals surface area contributed by atoms with Gasteiger partial charge in [-0.15, -0.1) is 0 Å². The van der Waals surface area contributed by atoms with Gasteiger partial charge in [-0.3, -0.25) is 4.79 Å². The van der Waals surface area contributed by atoms with Gasteiger partial charge in [-0.05, 0) is 33.3 Å². The van der Waals surface area contributed by atoms with Crippen LogP contribution in [-0.4, -0.2) is 38.2 Å². The van der Waals surface area contributed by atoms with Crippen molar-refractivity contribution in [2.45, 2.75) is 45.4 Å². The van der Waals surface area contributed by atoms with Gasteiger partial charge < -0.3 is 19.7 Å². The van der Waals surface area contributed by atoms with E-state index in [1.807, 2.05) is 18.2 Å². The van der Waals surface area contributed by atoms with Gasteiger partial charge in [-0.2, -0.15) is 0 Å². The molecule has 2 aromatic rings. The van der Waals surface area contributed by atoms with Crippen molar-refractivity contribution >= 4 is 11.9 Å². The number of hydrogen-bond acceptors (Lipinski definition) is 5. The Morgan fingerprint density at radius 1 is 1.22 bits per heavy atom. The minimum absolute atomic E-state index is 0.216. The summed E-state index contributed by atoms with van der Waals surface area (Å²) in [6.45, 7) is 6.80. The highest BCUT2D eigenvalue weighted by molar-refractivity contribution is 5.96. The molecule has 0 unspecified atom stereocenters. The van der Waals surface area contributed by atoms with Gasteiger partial charge in [0.15, 0.2) is 5.82 Å². The Morgan fingerprint density at radius 3 is 2.33 bits per heavy atom. The first-order valence-electron chi connectivity index (χ1n) is 8.84. The number of aryl methyl sites for hydroxylation is 1. The fourth-order valence-electron chi connectivity index (χ4n) is 2.88. The average Bonchev–Trinajstić information content (AvgIpc) is 2.99. The molecule has 7 heteroatoms. The molecular weight excluding hydrogens is 346 g/mol. The number of nitrogens with zero attached hydrogens (tertiary/aromatic N) is 2. The molecule has 0 aliphatic rings. The second kappa shape index (κ2) is 8.35. The molecule has 1 amide bonds. The number of ether oxygens (including phenoxy) is 1. The molecule has 0 spiro atoms. The van der Waals surface area contributed by atoms with Crippen molar-refractivity contribution in [3.05, 3.63) is 54.1 Å². The van der Waals surface area contributed by atoms with E-state index >= 15 is 0 Å². The molecule has 1 aromatic heterocycles. The number of hydrogen-bond donors (Lipinski definition) is 2. The second-order valence-corrected chi connectivity index (χ2v) is 7.53. The Bertz CT molecular complexity index is 778. The third kappa shape index (κ3) is 5.40. The van der Waals surface area contributed by atoms with Crippen LogP contribution in [0.15, 0.2) is 42.7 Å². The van der Waals surface area contributed by atoms with Gasteiger partial charge in [0, 0.05) is 19.4 Å². The largest absolute Gasteiger partial charge is 0.444 e. The Balaban J connectivity index is 2.41. The average molecular weight is 373 g/mol. The van der Waals surface area contributed by atoms with Crippen molar-refractivity contribution < 1.29 is 19.4 Å². The van der Waals surface area contributed by atoms with Gasteiger partial charge in [0.1, 0.15) is 5.60 Å². The monoisotopic (exact) mass is 373 g/mol. The standard InChI is InChI=1S/C20H27N3O4/c1-13(24)15(17(25)18-21-11-12-23(18)5)16(14-9-7-6-8-10-14)22-19(26)27-20(2,3)4/h6-13,15-16,24H,1-5H3,(H,22,26)/t13-,15-,16-/m1/s1. The zero-order valence-electron chi connectivity index (χ0n) is 16.3. The molecule has 0 bridgehead atoms. The molecule has 0 saturated carbocycles. The molecule has 0 radical (unpaired) electrons. The number of nitrogens with one attached hydrogen (secondary N) is 1. The lowest BCUT2D eigenvalue weighted by Gasteiger charge is -2.30. The first kappa shape index (κ1) is 20.6. The van der Waals surface area contributed by atoms with E-state index < -0.39 is 29.8 Å². The van der Waals surface area contributed by atoms with E-state index in [0.717, 1.165) is 0 Å². The minimum Gasteiger partial charge on any atom is -0.444 e. The van der Waals surface area contributed by atoms with E-state index in [1.54, 1.807) is 50.7 Å². The minimum atomic E-state index is -1.02. The smallest absolute Gasteiger partial charge is 0.408 e. The lowest BCUT2D eigenvalue weighted by molar-refractivity contribution is 0.0409. The van der Waals surface area contributed by atoms with E-state index in [9.17, 15) is 14.7 Å². The van der Waals surface area contributed by atoms with Gasteiger partial charge in [0.25, 0.3) is 0 Å². The first-order chi connectivity index (χ1) is 12.6. The summed E-state index contributed by atoms with van der Waals surface area (Å²) >= 11 is 0.